The number of nitrogens with zero attached hydrogens (tertiary/aromatic N) is 3. The Balaban J connectivity index is 2.06. The molecule has 1 N–H and O–H groups in total. The van der Waals surface area contributed by atoms with E-state index in [2.05, 4.69) is 36.0 Å². The molecule has 0 bridgehead atoms. The molecule has 1 fully saturated rings. The van der Waals surface area contributed by atoms with E-state index in [-0.39, 0.29) is 0 Å². The molecule has 1 aromatic rings. The van der Waals surface area contributed by atoms with Gasteiger partial charge in [0, 0.05) is 31.4 Å². The van der Waals surface area contributed by atoms with Crippen molar-refractivity contribution in [3.8, 4) is 0 Å². The van der Waals surface area contributed by atoms with Gasteiger partial charge in [0.05, 0.1) is 11.9 Å². The molecule has 1 saturated heterocycles. The quantitative estimate of drug-likeness (QED) is 0.868. The summed E-state index contributed by atoms with van der Waals surface area (Å²) in [5, 5.41) is 3.38. The van der Waals surface area contributed by atoms with E-state index in [1.165, 1.54) is 19.3 Å². The van der Waals surface area contributed by atoms with Crippen molar-refractivity contribution in [3.63, 3.8) is 0 Å². The number of hydrogen-bond acceptors (Lipinski definition) is 4. The van der Waals surface area contributed by atoms with Crippen molar-refractivity contribution in [1.29, 1.82) is 0 Å². The maximum atomic E-state index is 4.73. The van der Waals surface area contributed by atoms with E-state index in [9.17, 15) is 0 Å². The van der Waals surface area contributed by atoms with E-state index in [0.29, 0.717) is 12.1 Å². The van der Waals surface area contributed by atoms with E-state index in [0.717, 1.165) is 24.6 Å². The van der Waals surface area contributed by atoms with Crippen LogP contribution in [-0.4, -0.2) is 28.6 Å². The fourth-order valence-corrected chi connectivity index (χ4v) is 2.49. The van der Waals surface area contributed by atoms with Crippen LogP contribution in [0.25, 0.3) is 0 Å². The van der Waals surface area contributed by atoms with Crippen LogP contribution in [0, 0.1) is 0 Å². The average Bonchev–Trinajstić information content (AvgIpc) is 2.85. The van der Waals surface area contributed by atoms with Gasteiger partial charge < -0.3 is 10.2 Å². The van der Waals surface area contributed by atoms with Gasteiger partial charge in [0.2, 0.25) is 0 Å². The van der Waals surface area contributed by atoms with Gasteiger partial charge in [-0.15, -0.1) is 0 Å². The van der Waals surface area contributed by atoms with E-state index < -0.39 is 0 Å². The molecule has 0 amide bonds. The summed E-state index contributed by atoms with van der Waals surface area (Å²) in [5.41, 5.74) is 1.03. The largest absolute Gasteiger partial charge is 0.352 e. The molecule has 18 heavy (non-hydrogen) atoms. The van der Waals surface area contributed by atoms with Crippen LogP contribution in [0.5, 0.6) is 0 Å². The summed E-state index contributed by atoms with van der Waals surface area (Å²) in [4.78, 5) is 11.5. The molecular weight excluding hydrogens is 224 g/mol. The Morgan fingerprint density at radius 1 is 1.44 bits per heavy atom. The molecule has 0 aromatic carbocycles. The number of aromatic nitrogens is 2. The SMILES string of the molecule is CCC1CCCN1c1cncc(CNC(C)C)n1. The molecule has 1 aromatic heterocycles. The lowest BCUT2D eigenvalue weighted by Crippen LogP contribution is -2.30. The molecule has 2 rings (SSSR count). The second kappa shape index (κ2) is 6.14. The Kier molecular flexibility index (Phi) is 4.53. The molecule has 4 heteroatoms. The van der Waals surface area contributed by atoms with Crippen LogP contribution in [0.2, 0.25) is 0 Å². The van der Waals surface area contributed by atoms with Gasteiger partial charge in [0.1, 0.15) is 5.82 Å². The maximum absolute atomic E-state index is 4.73. The molecule has 0 saturated carbocycles. The maximum Gasteiger partial charge on any atom is 0.147 e. The molecule has 1 aliphatic heterocycles. The van der Waals surface area contributed by atoms with Crippen molar-refractivity contribution in [2.24, 2.45) is 0 Å². The highest BCUT2D eigenvalue weighted by Crippen LogP contribution is 2.25. The third-order valence-corrected chi connectivity index (χ3v) is 3.51. The third kappa shape index (κ3) is 3.19. The van der Waals surface area contributed by atoms with Crippen LogP contribution in [0.15, 0.2) is 12.4 Å². The normalized spacial score (nSPS) is 19.8. The topological polar surface area (TPSA) is 41.1 Å². The first kappa shape index (κ1) is 13.3. The first-order valence-corrected chi connectivity index (χ1v) is 7.01. The molecule has 0 radical (unpaired) electrons. The summed E-state index contributed by atoms with van der Waals surface area (Å²) in [6.45, 7) is 8.45. The molecule has 1 atom stereocenters. The summed E-state index contributed by atoms with van der Waals surface area (Å²) in [6, 6.07) is 1.12. The average molecular weight is 248 g/mol. The predicted octanol–water partition coefficient (Wildman–Crippen LogP) is 2.35. The van der Waals surface area contributed by atoms with Crippen molar-refractivity contribution >= 4 is 5.82 Å². The zero-order valence-corrected chi connectivity index (χ0v) is 11.7. The van der Waals surface area contributed by atoms with Crippen molar-refractivity contribution in [3.05, 3.63) is 18.1 Å². The lowest BCUT2D eigenvalue weighted by atomic mass is 10.2. The Morgan fingerprint density at radius 2 is 2.28 bits per heavy atom. The van der Waals surface area contributed by atoms with E-state index in [1.807, 2.05) is 12.4 Å². The Labute approximate surface area is 110 Å². The monoisotopic (exact) mass is 248 g/mol. The van der Waals surface area contributed by atoms with Crippen molar-refractivity contribution < 1.29 is 0 Å². The van der Waals surface area contributed by atoms with Crippen LogP contribution >= 0.6 is 0 Å². The zero-order valence-electron chi connectivity index (χ0n) is 11.7. The van der Waals surface area contributed by atoms with E-state index in [4.69, 9.17) is 4.98 Å². The predicted molar refractivity (Wildman–Crippen MR) is 74.7 cm³/mol. The third-order valence-electron chi connectivity index (χ3n) is 3.51. The molecule has 4 nitrogen and oxygen atoms in total. The molecule has 1 aliphatic rings. The lowest BCUT2D eigenvalue weighted by molar-refractivity contribution is 0.578. The number of anilines is 1. The fourth-order valence-electron chi connectivity index (χ4n) is 2.49. The Morgan fingerprint density at radius 3 is 3.00 bits per heavy atom. The minimum atomic E-state index is 0.477. The smallest absolute Gasteiger partial charge is 0.147 e. The first-order valence-electron chi connectivity index (χ1n) is 7.01. The van der Waals surface area contributed by atoms with Gasteiger partial charge in [-0.1, -0.05) is 20.8 Å². The molecule has 0 aliphatic carbocycles. The summed E-state index contributed by atoms with van der Waals surface area (Å²) < 4.78 is 0. The van der Waals surface area contributed by atoms with Gasteiger partial charge in [-0.3, -0.25) is 4.98 Å². The Hall–Kier alpha value is -1.16. The van der Waals surface area contributed by atoms with Gasteiger partial charge in [0.25, 0.3) is 0 Å². The molecule has 2 heterocycles. The standard InChI is InChI=1S/C14H24N4/c1-4-13-6-5-7-18(13)14-10-15-8-12(17-14)9-16-11(2)3/h8,10-11,13,16H,4-7,9H2,1-3H3. The van der Waals surface area contributed by atoms with Gasteiger partial charge >= 0.3 is 0 Å². The van der Waals surface area contributed by atoms with Gasteiger partial charge in [0.15, 0.2) is 0 Å². The molecule has 100 valence electrons. The highest BCUT2D eigenvalue weighted by molar-refractivity contribution is 5.39. The Bertz CT molecular complexity index is 378. The summed E-state index contributed by atoms with van der Waals surface area (Å²) in [7, 11) is 0. The van der Waals surface area contributed by atoms with E-state index in [1.54, 1.807) is 0 Å². The number of nitrogens with one attached hydrogen (secondary N) is 1. The highest BCUT2D eigenvalue weighted by atomic mass is 15.2. The first-order chi connectivity index (χ1) is 8.70. The van der Waals surface area contributed by atoms with Crippen molar-refractivity contribution in [2.45, 2.75) is 58.7 Å². The summed E-state index contributed by atoms with van der Waals surface area (Å²) >= 11 is 0. The molecule has 0 spiro atoms. The minimum absolute atomic E-state index is 0.477. The van der Waals surface area contributed by atoms with Crippen LogP contribution in [-0.2, 0) is 6.54 Å². The second-order valence-corrected chi connectivity index (χ2v) is 5.30. The number of rotatable bonds is 5. The van der Waals surface area contributed by atoms with Crippen molar-refractivity contribution in [2.75, 3.05) is 11.4 Å². The van der Waals surface area contributed by atoms with Gasteiger partial charge in [-0.2, -0.15) is 0 Å². The summed E-state index contributed by atoms with van der Waals surface area (Å²) in [5.74, 6) is 1.04. The highest BCUT2D eigenvalue weighted by Gasteiger charge is 2.24. The van der Waals surface area contributed by atoms with Crippen LogP contribution < -0.4 is 10.2 Å². The zero-order chi connectivity index (χ0) is 13.0. The molecule has 1 unspecified atom stereocenters. The fraction of sp³-hybridized carbons (Fsp3) is 0.714. The van der Waals surface area contributed by atoms with Gasteiger partial charge in [-0.05, 0) is 19.3 Å². The second-order valence-electron chi connectivity index (χ2n) is 5.30. The van der Waals surface area contributed by atoms with Crippen LogP contribution in [0.4, 0.5) is 5.82 Å². The minimum Gasteiger partial charge on any atom is -0.352 e. The van der Waals surface area contributed by atoms with Crippen LogP contribution in [0.3, 0.4) is 0 Å². The summed E-state index contributed by atoms with van der Waals surface area (Å²) in [6.07, 6.45) is 7.50. The number of hydrogen-bond donors (Lipinski definition) is 1. The molecular formula is C14H24N4. The van der Waals surface area contributed by atoms with Gasteiger partial charge in [-0.25, -0.2) is 4.98 Å². The van der Waals surface area contributed by atoms with E-state index >= 15 is 0 Å². The lowest BCUT2D eigenvalue weighted by Gasteiger charge is -2.24. The van der Waals surface area contributed by atoms with Crippen LogP contribution in [0.1, 0.15) is 45.7 Å². The van der Waals surface area contributed by atoms with Crippen molar-refractivity contribution in [1.82, 2.24) is 15.3 Å².